The fourth-order valence-corrected chi connectivity index (χ4v) is 3.19. The van der Waals surface area contributed by atoms with Gasteiger partial charge in [0.2, 0.25) is 0 Å². The van der Waals surface area contributed by atoms with E-state index in [1.54, 1.807) is 7.11 Å². The number of rotatable bonds is 8. The van der Waals surface area contributed by atoms with Gasteiger partial charge in [0.15, 0.2) is 0 Å². The minimum absolute atomic E-state index is 0.302. The molecule has 0 unspecified atom stereocenters. The summed E-state index contributed by atoms with van der Waals surface area (Å²) in [5.74, 6) is 1.55. The molecule has 1 N–H and O–H groups in total. The van der Waals surface area contributed by atoms with Crippen molar-refractivity contribution in [2.75, 3.05) is 46.4 Å². The molecule has 1 heterocycles. The quantitative estimate of drug-likeness (QED) is 0.786. The van der Waals surface area contributed by atoms with Crippen molar-refractivity contribution in [2.24, 2.45) is 0 Å². The van der Waals surface area contributed by atoms with Gasteiger partial charge in [-0.25, -0.2) is 0 Å². The Balaban J connectivity index is 1.35. The van der Waals surface area contributed by atoms with Crippen molar-refractivity contribution in [3.8, 4) is 11.5 Å². The molecule has 2 aromatic rings. The van der Waals surface area contributed by atoms with E-state index < -0.39 is 6.10 Å². The number of β-amino-alcohol motifs (C(OH)–C–C–N with tert-alkyl or cyclic N) is 1. The van der Waals surface area contributed by atoms with Gasteiger partial charge in [-0.2, -0.15) is 0 Å². The molecule has 0 saturated carbocycles. The van der Waals surface area contributed by atoms with Crippen LogP contribution in [0.3, 0.4) is 0 Å². The Hall–Kier alpha value is -2.08. The molecule has 5 heteroatoms. The van der Waals surface area contributed by atoms with Gasteiger partial charge >= 0.3 is 0 Å². The van der Waals surface area contributed by atoms with Crippen LogP contribution in [0.5, 0.6) is 11.5 Å². The van der Waals surface area contributed by atoms with E-state index >= 15 is 0 Å². The second kappa shape index (κ2) is 9.57. The second-order valence-corrected chi connectivity index (χ2v) is 6.70. The molecule has 140 valence electrons. The van der Waals surface area contributed by atoms with Crippen LogP contribution in [0.2, 0.25) is 0 Å². The smallest absolute Gasteiger partial charge is 0.119 e. The van der Waals surface area contributed by atoms with Gasteiger partial charge in [-0.15, -0.1) is 0 Å². The number of hydrogen-bond donors (Lipinski definition) is 1. The van der Waals surface area contributed by atoms with Crippen LogP contribution in [0.1, 0.15) is 5.56 Å². The van der Waals surface area contributed by atoms with Gasteiger partial charge in [-0.3, -0.25) is 9.80 Å². The van der Waals surface area contributed by atoms with E-state index in [2.05, 4.69) is 40.1 Å². The Morgan fingerprint density at radius 1 is 0.885 bits per heavy atom. The molecule has 1 aliphatic rings. The molecule has 0 aromatic heterocycles. The summed E-state index contributed by atoms with van der Waals surface area (Å²) in [6, 6.07) is 18.0. The minimum atomic E-state index is -0.488. The first-order chi connectivity index (χ1) is 12.7. The lowest BCUT2D eigenvalue weighted by Gasteiger charge is -2.35. The first kappa shape index (κ1) is 18.7. The van der Waals surface area contributed by atoms with Crippen molar-refractivity contribution in [1.29, 1.82) is 0 Å². The summed E-state index contributed by atoms with van der Waals surface area (Å²) < 4.78 is 10.8. The van der Waals surface area contributed by atoms with E-state index in [1.165, 1.54) is 5.56 Å². The third-order valence-electron chi connectivity index (χ3n) is 4.68. The second-order valence-electron chi connectivity index (χ2n) is 6.70. The van der Waals surface area contributed by atoms with Crippen LogP contribution < -0.4 is 9.47 Å². The minimum Gasteiger partial charge on any atom is -0.497 e. The van der Waals surface area contributed by atoms with Crippen molar-refractivity contribution in [3.63, 3.8) is 0 Å². The maximum atomic E-state index is 10.3. The summed E-state index contributed by atoms with van der Waals surface area (Å²) in [5, 5.41) is 10.3. The van der Waals surface area contributed by atoms with Crippen molar-refractivity contribution in [3.05, 3.63) is 60.2 Å². The highest BCUT2D eigenvalue weighted by Gasteiger charge is 2.19. The van der Waals surface area contributed by atoms with Crippen LogP contribution in [0, 0.1) is 0 Å². The summed E-state index contributed by atoms with van der Waals surface area (Å²) in [5.41, 5.74) is 1.36. The SMILES string of the molecule is COc1ccc(OC[C@H](O)CN2CCN(Cc3ccccc3)CC2)cc1. The Kier molecular flexibility index (Phi) is 6.89. The Morgan fingerprint density at radius 3 is 2.15 bits per heavy atom. The lowest BCUT2D eigenvalue weighted by Crippen LogP contribution is -2.48. The molecule has 1 aliphatic heterocycles. The molecule has 3 rings (SSSR count). The Bertz CT molecular complexity index is 640. The zero-order valence-corrected chi connectivity index (χ0v) is 15.4. The molecule has 1 fully saturated rings. The molecule has 1 atom stereocenters. The zero-order chi connectivity index (χ0) is 18.2. The van der Waals surface area contributed by atoms with Gasteiger partial charge in [-0.1, -0.05) is 30.3 Å². The number of hydrogen-bond acceptors (Lipinski definition) is 5. The third kappa shape index (κ3) is 5.73. The summed E-state index contributed by atoms with van der Waals surface area (Å²) in [6.07, 6.45) is -0.488. The van der Waals surface area contributed by atoms with E-state index in [0.717, 1.165) is 44.2 Å². The fraction of sp³-hybridized carbons (Fsp3) is 0.429. The van der Waals surface area contributed by atoms with Crippen molar-refractivity contribution in [2.45, 2.75) is 12.6 Å². The molecule has 0 bridgehead atoms. The highest BCUT2D eigenvalue weighted by molar-refractivity contribution is 5.31. The number of ether oxygens (including phenoxy) is 2. The number of methoxy groups -OCH3 is 1. The van der Waals surface area contributed by atoms with Crippen LogP contribution in [-0.4, -0.2) is 67.5 Å². The lowest BCUT2D eigenvalue weighted by atomic mass is 10.2. The molecule has 26 heavy (non-hydrogen) atoms. The highest BCUT2D eigenvalue weighted by Crippen LogP contribution is 2.17. The van der Waals surface area contributed by atoms with Gasteiger partial charge in [0.05, 0.1) is 7.11 Å². The average Bonchev–Trinajstić information content (AvgIpc) is 2.69. The zero-order valence-electron chi connectivity index (χ0n) is 15.4. The first-order valence-corrected chi connectivity index (χ1v) is 9.16. The van der Waals surface area contributed by atoms with Crippen LogP contribution in [0.15, 0.2) is 54.6 Å². The molecule has 2 aromatic carbocycles. The molecule has 5 nitrogen and oxygen atoms in total. The fourth-order valence-electron chi connectivity index (χ4n) is 3.19. The van der Waals surface area contributed by atoms with Gasteiger partial charge in [-0.05, 0) is 29.8 Å². The Morgan fingerprint density at radius 2 is 1.50 bits per heavy atom. The molecule has 1 saturated heterocycles. The van der Waals surface area contributed by atoms with Gasteiger partial charge in [0.1, 0.15) is 24.2 Å². The van der Waals surface area contributed by atoms with Gasteiger partial charge in [0.25, 0.3) is 0 Å². The lowest BCUT2D eigenvalue weighted by molar-refractivity contribution is 0.0446. The normalized spacial score (nSPS) is 17.0. The van der Waals surface area contributed by atoms with Crippen LogP contribution >= 0.6 is 0 Å². The third-order valence-corrected chi connectivity index (χ3v) is 4.68. The van der Waals surface area contributed by atoms with E-state index in [4.69, 9.17) is 9.47 Å². The number of piperazine rings is 1. The van der Waals surface area contributed by atoms with E-state index in [0.29, 0.717) is 13.2 Å². The number of benzene rings is 2. The number of aliphatic hydroxyl groups is 1. The molecular formula is C21H28N2O3. The first-order valence-electron chi connectivity index (χ1n) is 9.16. The maximum Gasteiger partial charge on any atom is 0.119 e. The van der Waals surface area contributed by atoms with Crippen molar-refractivity contribution >= 4 is 0 Å². The van der Waals surface area contributed by atoms with Crippen LogP contribution in [0.4, 0.5) is 0 Å². The van der Waals surface area contributed by atoms with Crippen molar-refractivity contribution in [1.82, 2.24) is 9.80 Å². The van der Waals surface area contributed by atoms with E-state index in [1.807, 2.05) is 24.3 Å². The maximum absolute atomic E-state index is 10.3. The van der Waals surface area contributed by atoms with E-state index in [9.17, 15) is 5.11 Å². The summed E-state index contributed by atoms with van der Waals surface area (Å²) in [7, 11) is 1.64. The van der Waals surface area contributed by atoms with Crippen LogP contribution in [-0.2, 0) is 6.54 Å². The number of aliphatic hydroxyl groups excluding tert-OH is 1. The standard InChI is InChI=1S/C21H28N2O3/c1-25-20-7-9-21(10-8-20)26-17-19(24)16-23-13-11-22(12-14-23)15-18-5-3-2-4-6-18/h2-10,19,24H,11-17H2,1H3/t19-/m1/s1. The summed E-state index contributed by atoms with van der Waals surface area (Å²) in [6.45, 7) is 5.96. The molecule has 0 aliphatic carbocycles. The highest BCUT2D eigenvalue weighted by atomic mass is 16.5. The molecule has 0 amide bonds. The number of nitrogens with zero attached hydrogens (tertiary/aromatic N) is 2. The van der Waals surface area contributed by atoms with Crippen LogP contribution in [0.25, 0.3) is 0 Å². The monoisotopic (exact) mass is 356 g/mol. The van der Waals surface area contributed by atoms with Gasteiger partial charge < -0.3 is 14.6 Å². The summed E-state index contributed by atoms with van der Waals surface area (Å²) in [4.78, 5) is 4.77. The predicted octanol–water partition coefficient (Wildman–Crippen LogP) is 2.25. The predicted molar refractivity (Wildman–Crippen MR) is 103 cm³/mol. The van der Waals surface area contributed by atoms with Crippen molar-refractivity contribution < 1.29 is 14.6 Å². The molecule has 0 radical (unpaired) electrons. The van der Waals surface area contributed by atoms with E-state index in [-0.39, 0.29) is 0 Å². The largest absolute Gasteiger partial charge is 0.497 e. The molecular weight excluding hydrogens is 328 g/mol. The topological polar surface area (TPSA) is 45.2 Å². The Labute approximate surface area is 155 Å². The molecule has 0 spiro atoms. The van der Waals surface area contributed by atoms with Gasteiger partial charge in [0, 0.05) is 39.3 Å². The summed E-state index contributed by atoms with van der Waals surface area (Å²) >= 11 is 0. The average molecular weight is 356 g/mol.